The van der Waals surface area contributed by atoms with Crippen LogP contribution in [0.15, 0.2) is 18.2 Å². The Kier molecular flexibility index (Phi) is 4.48. The van der Waals surface area contributed by atoms with Gasteiger partial charge in [0.25, 0.3) is 0 Å². The molecule has 0 amide bonds. The fourth-order valence-corrected chi connectivity index (χ4v) is 3.21. The lowest BCUT2D eigenvalue weighted by Gasteiger charge is -2.38. The van der Waals surface area contributed by atoms with E-state index in [9.17, 15) is 9.90 Å². The summed E-state index contributed by atoms with van der Waals surface area (Å²) in [5.41, 5.74) is 2.25. The van der Waals surface area contributed by atoms with Crippen molar-refractivity contribution in [3.63, 3.8) is 0 Å². The first kappa shape index (κ1) is 15.0. The number of aryl methyl sites for hydroxylation is 2. The molecule has 1 aromatic carbocycles. The van der Waals surface area contributed by atoms with Crippen LogP contribution in [0.4, 0.5) is 0 Å². The Morgan fingerprint density at radius 3 is 2.00 bits per heavy atom. The number of benzene rings is 1. The number of carbonyl (C=O) groups is 1. The molecule has 0 aliphatic carbocycles. The van der Waals surface area contributed by atoms with E-state index < -0.39 is 11.5 Å². The Morgan fingerprint density at radius 2 is 1.55 bits per heavy atom. The highest BCUT2D eigenvalue weighted by Gasteiger charge is 2.41. The van der Waals surface area contributed by atoms with Gasteiger partial charge in [0.1, 0.15) is 5.54 Å². The molecule has 0 saturated carbocycles. The molecule has 2 rings (SSSR count). The van der Waals surface area contributed by atoms with Crippen molar-refractivity contribution in [2.24, 2.45) is 0 Å². The fraction of sp³-hybridized carbons (Fsp3) is 0.588. The molecular formula is C17H25NO2. The second kappa shape index (κ2) is 5.96. The van der Waals surface area contributed by atoms with Crippen molar-refractivity contribution in [3.05, 3.63) is 34.9 Å². The molecule has 1 saturated heterocycles. The second-order valence-corrected chi connectivity index (χ2v) is 6.16. The quantitative estimate of drug-likeness (QED) is 0.918. The first-order valence-corrected chi connectivity index (χ1v) is 7.52. The molecule has 1 aromatic rings. The van der Waals surface area contributed by atoms with Crippen molar-refractivity contribution in [1.82, 2.24) is 4.90 Å². The third-order valence-corrected chi connectivity index (χ3v) is 4.44. The minimum Gasteiger partial charge on any atom is -0.480 e. The van der Waals surface area contributed by atoms with Gasteiger partial charge in [-0.25, -0.2) is 4.79 Å². The first-order valence-electron chi connectivity index (χ1n) is 7.52. The smallest absolute Gasteiger partial charge is 0.328 e. The topological polar surface area (TPSA) is 40.5 Å². The van der Waals surface area contributed by atoms with Crippen LogP contribution in [0.2, 0.25) is 0 Å². The van der Waals surface area contributed by atoms with E-state index in [1.807, 2.05) is 32.9 Å². The van der Waals surface area contributed by atoms with Gasteiger partial charge in [-0.3, -0.25) is 4.90 Å². The maximum absolute atomic E-state index is 12.0. The van der Waals surface area contributed by atoms with Crippen molar-refractivity contribution in [1.29, 1.82) is 0 Å². The number of hydrogen-bond acceptors (Lipinski definition) is 2. The molecule has 3 nitrogen and oxygen atoms in total. The molecule has 1 aliphatic rings. The van der Waals surface area contributed by atoms with Gasteiger partial charge in [-0.2, -0.15) is 0 Å². The molecule has 1 heterocycles. The summed E-state index contributed by atoms with van der Waals surface area (Å²) < 4.78 is 0. The largest absolute Gasteiger partial charge is 0.480 e. The van der Waals surface area contributed by atoms with Gasteiger partial charge in [-0.1, -0.05) is 42.2 Å². The molecule has 1 atom stereocenters. The normalized spacial score (nSPS) is 20.1. The van der Waals surface area contributed by atoms with E-state index >= 15 is 0 Å². The van der Waals surface area contributed by atoms with Gasteiger partial charge in [0.2, 0.25) is 0 Å². The molecule has 1 aliphatic heterocycles. The Labute approximate surface area is 121 Å². The first-order chi connectivity index (χ1) is 9.44. The predicted molar refractivity (Wildman–Crippen MR) is 80.9 cm³/mol. The van der Waals surface area contributed by atoms with Crippen molar-refractivity contribution in [3.8, 4) is 0 Å². The molecule has 1 N–H and O–H groups in total. The van der Waals surface area contributed by atoms with Gasteiger partial charge in [0.05, 0.1) is 0 Å². The molecule has 0 spiro atoms. The molecule has 20 heavy (non-hydrogen) atoms. The summed E-state index contributed by atoms with van der Waals surface area (Å²) in [5, 5.41) is 9.87. The Balaban J connectivity index is 2.44. The van der Waals surface area contributed by atoms with Gasteiger partial charge in [0, 0.05) is 0 Å². The number of carboxylic acid groups (broad SMARTS) is 1. The summed E-state index contributed by atoms with van der Waals surface area (Å²) in [5.74, 6) is -0.746. The van der Waals surface area contributed by atoms with Gasteiger partial charge in [0.15, 0.2) is 0 Å². The molecule has 1 fully saturated rings. The Hall–Kier alpha value is -1.35. The molecule has 110 valence electrons. The zero-order valence-electron chi connectivity index (χ0n) is 12.8. The summed E-state index contributed by atoms with van der Waals surface area (Å²) >= 11 is 0. The highest BCUT2D eigenvalue weighted by atomic mass is 16.4. The van der Waals surface area contributed by atoms with E-state index in [4.69, 9.17) is 0 Å². The van der Waals surface area contributed by atoms with E-state index in [1.165, 1.54) is 12.8 Å². The van der Waals surface area contributed by atoms with Crippen LogP contribution in [0.5, 0.6) is 0 Å². The maximum atomic E-state index is 12.0. The van der Waals surface area contributed by atoms with Crippen molar-refractivity contribution in [2.45, 2.75) is 52.0 Å². The number of likely N-dealkylation sites (tertiary alicyclic amines) is 1. The minimum absolute atomic E-state index is 0.746. The lowest BCUT2D eigenvalue weighted by Crippen LogP contribution is -2.50. The minimum atomic E-state index is -0.916. The third-order valence-electron chi connectivity index (χ3n) is 4.44. The van der Waals surface area contributed by atoms with E-state index in [0.717, 1.165) is 42.6 Å². The van der Waals surface area contributed by atoms with Crippen molar-refractivity contribution >= 4 is 5.97 Å². The van der Waals surface area contributed by atoms with E-state index in [1.54, 1.807) is 0 Å². The molecule has 0 radical (unpaired) electrons. The van der Waals surface area contributed by atoms with Crippen LogP contribution in [0.25, 0.3) is 0 Å². The van der Waals surface area contributed by atoms with Crippen LogP contribution in [0, 0.1) is 13.8 Å². The molecule has 3 heteroatoms. The number of hydrogen-bond donors (Lipinski definition) is 1. The summed E-state index contributed by atoms with van der Waals surface area (Å²) in [7, 11) is 0. The van der Waals surface area contributed by atoms with E-state index in [-0.39, 0.29) is 0 Å². The van der Waals surface area contributed by atoms with Crippen LogP contribution in [-0.2, 0) is 10.3 Å². The third kappa shape index (κ3) is 2.88. The standard InChI is InChI=1S/C17H25NO2/c1-13-10-14(2)12-15(11-13)17(3,16(19)20)18-8-6-4-5-7-9-18/h10-12H,4-9H2,1-3H3,(H,19,20). The Morgan fingerprint density at radius 1 is 1.05 bits per heavy atom. The van der Waals surface area contributed by atoms with Gasteiger partial charge in [-0.05, 0) is 52.3 Å². The SMILES string of the molecule is Cc1cc(C)cc(C(C)(C(=O)O)N2CCCCCC2)c1. The summed E-state index contributed by atoms with van der Waals surface area (Å²) in [4.78, 5) is 14.2. The number of nitrogens with zero attached hydrogens (tertiary/aromatic N) is 1. The Bertz CT molecular complexity index is 470. The molecule has 0 bridgehead atoms. The highest BCUT2D eigenvalue weighted by Crippen LogP contribution is 2.32. The van der Waals surface area contributed by atoms with Crippen LogP contribution in [0.1, 0.15) is 49.3 Å². The summed E-state index contributed by atoms with van der Waals surface area (Å²) in [6, 6.07) is 6.13. The molecule has 1 unspecified atom stereocenters. The van der Waals surface area contributed by atoms with Crippen molar-refractivity contribution < 1.29 is 9.90 Å². The number of rotatable bonds is 3. The second-order valence-electron chi connectivity index (χ2n) is 6.16. The maximum Gasteiger partial charge on any atom is 0.328 e. The average Bonchev–Trinajstić information content (AvgIpc) is 2.65. The summed E-state index contributed by atoms with van der Waals surface area (Å²) in [6.45, 7) is 7.66. The van der Waals surface area contributed by atoms with Gasteiger partial charge in [-0.15, -0.1) is 0 Å². The number of aliphatic carboxylic acids is 1. The lowest BCUT2D eigenvalue weighted by molar-refractivity contribution is -0.151. The fourth-order valence-electron chi connectivity index (χ4n) is 3.21. The van der Waals surface area contributed by atoms with Crippen molar-refractivity contribution in [2.75, 3.05) is 13.1 Å². The van der Waals surface area contributed by atoms with E-state index in [0.29, 0.717) is 0 Å². The zero-order valence-corrected chi connectivity index (χ0v) is 12.8. The predicted octanol–water partition coefficient (Wildman–Crippen LogP) is 3.48. The molecule has 0 aromatic heterocycles. The van der Waals surface area contributed by atoms with Crippen LogP contribution < -0.4 is 0 Å². The van der Waals surface area contributed by atoms with Gasteiger partial charge < -0.3 is 5.11 Å². The van der Waals surface area contributed by atoms with Crippen LogP contribution in [0.3, 0.4) is 0 Å². The lowest BCUT2D eigenvalue weighted by atomic mass is 9.87. The van der Waals surface area contributed by atoms with Crippen LogP contribution >= 0.6 is 0 Å². The van der Waals surface area contributed by atoms with Gasteiger partial charge >= 0.3 is 5.97 Å². The summed E-state index contributed by atoms with van der Waals surface area (Å²) in [6.07, 6.45) is 4.60. The molecular weight excluding hydrogens is 250 g/mol. The highest BCUT2D eigenvalue weighted by molar-refractivity contribution is 5.80. The zero-order chi connectivity index (χ0) is 14.8. The van der Waals surface area contributed by atoms with Crippen LogP contribution in [-0.4, -0.2) is 29.1 Å². The van der Waals surface area contributed by atoms with E-state index in [2.05, 4.69) is 11.0 Å². The number of carboxylic acids is 1. The monoisotopic (exact) mass is 275 g/mol. The average molecular weight is 275 g/mol.